The average Bonchev–Trinajstić information content (AvgIpc) is 2.85. The van der Waals surface area contributed by atoms with E-state index in [4.69, 9.17) is 5.11 Å². The molecule has 1 N–H and O–H groups in total. The fourth-order valence-corrected chi connectivity index (χ4v) is 3.34. The molecular formula is C13H19NO2S. The van der Waals surface area contributed by atoms with Gasteiger partial charge in [-0.05, 0) is 38.8 Å². The van der Waals surface area contributed by atoms with E-state index >= 15 is 0 Å². The molecule has 1 fully saturated rings. The Bertz CT molecular complexity index is 414. The summed E-state index contributed by atoms with van der Waals surface area (Å²) in [6.07, 6.45) is 1.01. The summed E-state index contributed by atoms with van der Waals surface area (Å²) in [5.74, 6) is 0.568. The van der Waals surface area contributed by atoms with Crippen LogP contribution in [0.3, 0.4) is 0 Å². The number of ketones is 1. The highest BCUT2D eigenvalue weighted by molar-refractivity contribution is 7.12. The molecule has 0 aliphatic carbocycles. The summed E-state index contributed by atoms with van der Waals surface area (Å²) in [5, 5.41) is 9.07. The van der Waals surface area contributed by atoms with Gasteiger partial charge in [0.1, 0.15) is 0 Å². The number of hydrogen-bond donors (Lipinski definition) is 1. The minimum absolute atomic E-state index is 0.213. The van der Waals surface area contributed by atoms with Gasteiger partial charge in [-0.2, -0.15) is 0 Å². The van der Waals surface area contributed by atoms with Crippen LogP contribution < -0.4 is 0 Å². The SMILES string of the molecule is Cc1cc(C(=O)CN2CCC(CO)C2)c(C)s1. The zero-order chi connectivity index (χ0) is 12.4. The van der Waals surface area contributed by atoms with Crippen molar-refractivity contribution in [1.82, 2.24) is 4.90 Å². The fraction of sp³-hybridized carbons (Fsp3) is 0.615. The maximum absolute atomic E-state index is 12.1. The summed E-state index contributed by atoms with van der Waals surface area (Å²) in [7, 11) is 0. The molecule has 1 aromatic heterocycles. The van der Waals surface area contributed by atoms with Gasteiger partial charge in [0, 0.05) is 28.5 Å². The summed E-state index contributed by atoms with van der Waals surface area (Å²) in [6.45, 7) is 6.55. The quantitative estimate of drug-likeness (QED) is 0.833. The molecule has 1 saturated heterocycles. The number of thiophene rings is 1. The van der Waals surface area contributed by atoms with Crippen molar-refractivity contribution in [3.05, 3.63) is 21.4 Å². The van der Waals surface area contributed by atoms with Gasteiger partial charge in [-0.1, -0.05) is 0 Å². The summed E-state index contributed by atoms with van der Waals surface area (Å²) < 4.78 is 0. The van der Waals surface area contributed by atoms with Crippen molar-refractivity contribution in [2.24, 2.45) is 5.92 Å². The maximum atomic E-state index is 12.1. The lowest BCUT2D eigenvalue weighted by atomic mass is 10.1. The van der Waals surface area contributed by atoms with E-state index in [-0.39, 0.29) is 12.4 Å². The summed E-state index contributed by atoms with van der Waals surface area (Å²) in [5.41, 5.74) is 0.875. The first-order valence-electron chi connectivity index (χ1n) is 6.03. The van der Waals surface area contributed by atoms with E-state index in [0.29, 0.717) is 12.5 Å². The number of hydrogen-bond acceptors (Lipinski definition) is 4. The van der Waals surface area contributed by atoms with Crippen molar-refractivity contribution in [3.8, 4) is 0 Å². The Hall–Kier alpha value is -0.710. The fourth-order valence-electron chi connectivity index (χ4n) is 2.40. The van der Waals surface area contributed by atoms with Gasteiger partial charge in [-0.25, -0.2) is 0 Å². The van der Waals surface area contributed by atoms with Crippen LogP contribution in [-0.4, -0.2) is 42.0 Å². The molecule has 1 unspecified atom stereocenters. The first-order chi connectivity index (χ1) is 8.10. The van der Waals surface area contributed by atoms with Crippen molar-refractivity contribution in [3.63, 3.8) is 0 Å². The van der Waals surface area contributed by atoms with Crippen molar-refractivity contribution in [2.45, 2.75) is 20.3 Å². The molecule has 2 heterocycles. The molecule has 0 aromatic carbocycles. The predicted octanol–water partition coefficient (Wildman–Crippen LogP) is 1.86. The van der Waals surface area contributed by atoms with Crippen LogP contribution in [0.25, 0.3) is 0 Å². The average molecular weight is 253 g/mol. The summed E-state index contributed by atoms with van der Waals surface area (Å²) in [4.78, 5) is 16.6. The molecule has 94 valence electrons. The van der Waals surface area contributed by atoms with Crippen LogP contribution in [0.1, 0.15) is 26.5 Å². The molecule has 0 spiro atoms. The van der Waals surface area contributed by atoms with Crippen LogP contribution in [0.4, 0.5) is 0 Å². The molecule has 1 aromatic rings. The van der Waals surface area contributed by atoms with Crippen molar-refractivity contribution >= 4 is 17.1 Å². The second-order valence-electron chi connectivity index (χ2n) is 4.82. The van der Waals surface area contributed by atoms with E-state index in [1.165, 1.54) is 4.88 Å². The highest BCUT2D eigenvalue weighted by Gasteiger charge is 2.24. The van der Waals surface area contributed by atoms with Crippen LogP contribution in [-0.2, 0) is 0 Å². The largest absolute Gasteiger partial charge is 0.396 e. The number of nitrogens with zero attached hydrogens (tertiary/aromatic N) is 1. The highest BCUT2D eigenvalue weighted by Crippen LogP contribution is 2.22. The number of aliphatic hydroxyl groups excluding tert-OH is 1. The second kappa shape index (κ2) is 5.29. The standard InChI is InChI=1S/C13H19NO2S/c1-9-5-12(10(2)17-9)13(16)7-14-4-3-11(6-14)8-15/h5,11,15H,3-4,6-8H2,1-2H3. The zero-order valence-corrected chi connectivity index (χ0v) is 11.2. The first kappa shape index (κ1) is 12.7. The molecule has 0 bridgehead atoms. The van der Waals surface area contributed by atoms with Crippen molar-refractivity contribution in [1.29, 1.82) is 0 Å². The molecule has 3 nitrogen and oxygen atoms in total. The molecule has 1 aliphatic rings. The minimum Gasteiger partial charge on any atom is -0.396 e. The van der Waals surface area contributed by atoms with Crippen LogP contribution in [0.5, 0.6) is 0 Å². The van der Waals surface area contributed by atoms with E-state index in [1.54, 1.807) is 11.3 Å². The van der Waals surface area contributed by atoms with E-state index in [0.717, 1.165) is 30.0 Å². The summed E-state index contributed by atoms with van der Waals surface area (Å²) in [6, 6.07) is 1.99. The molecule has 17 heavy (non-hydrogen) atoms. The Kier molecular flexibility index (Phi) is 3.97. The molecule has 2 rings (SSSR count). The van der Waals surface area contributed by atoms with E-state index in [1.807, 2.05) is 19.9 Å². The third-order valence-corrected chi connectivity index (χ3v) is 4.30. The number of likely N-dealkylation sites (tertiary alicyclic amines) is 1. The molecular weight excluding hydrogens is 234 g/mol. The normalized spacial score (nSPS) is 21.0. The Morgan fingerprint density at radius 1 is 1.59 bits per heavy atom. The third kappa shape index (κ3) is 2.94. The minimum atomic E-state index is 0.213. The van der Waals surface area contributed by atoms with E-state index < -0.39 is 0 Å². The molecule has 0 radical (unpaired) electrons. The van der Waals surface area contributed by atoms with Crippen LogP contribution in [0.15, 0.2) is 6.07 Å². The Labute approximate surface area is 106 Å². The van der Waals surface area contributed by atoms with Gasteiger partial charge in [-0.15, -0.1) is 11.3 Å². The van der Waals surface area contributed by atoms with Gasteiger partial charge in [0.15, 0.2) is 5.78 Å². The van der Waals surface area contributed by atoms with Gasteiger partial charge < -0.3 is 5.11 Å². The Balaban J connectivity index is 1.96. The first-order valence-corrected chi connectivity index (χ1v) is 6.85. The maximum Gasteiger partial charge on any atom is 0.177 e. The number of carbonyl (C=O) groups excluding carboxylic acids is 1. The zero-order valence-electron chi connectivity index (χ0n) is 10.4. The Morgan fingerprint density at radius 3 is 2.88 bits per heavy atom. The van der Waals surface area contributed by atoms with Crippen LogP contribution in [0, 0.1) is 19.8 Å². The van der Waals surface area contributed by atoms with Gasteiger partial charge in [0.05, 0.1) is 6.54 Å². The molecule has 0 saturated carbocycles. The molecule has 4 heteroatoms. The van der Waals surface area contributed by atoms with Gasteiger partial charge in [0.25, 0.3) is 0 Å². The topological polar surface area (TPSA) is 40.5 Å². The van der Waals surface area contributed by atoms with Crippen LogP contribution >= 0.6 is 11.3 Å². The smallest absolute Gasteiger partial charge is 0.177 e. The Morgan fingerprint density at radius 2 is 2.35 bits per heavy atom. The van der Waals surface area contributed by atoms with E-state index in [2.05, 4.69) is 4.90 Å². The third-order valence-electron chi connectivity index (χ3n) is 3.34. The lowest BCUT2D eigenvalue weighted by Crippen LogP contribution is -2.28. The van der Waals surface area contributed by atoms with Crippen molar-refractivity contribution in [2.75, 3.05) is 26.2 Å². The molecule has 0 amide bonds. The second-order valence-corrected chi connectivity index (χ2v) is 6.28. The van der Waals surface area contributed by atoms with Gasteiger partial charge in [-0.3, -0.25) is 9.69 Å². The van der Waals surface area contributed by atoms with Crippen molar-refractivity contribution < 1.29 is 9.90 Å². The van der Waals surface area contributed by atoms with Crippen LogP contribution in [0.2, 0.25) is 0 Å². The summed E-state index contributed by atoms with van der Waals surface area (Å²) >= 11 is 1.68. The highest BCUT2D eigenvalue weighted by atomic mass is 32.1. The molecule has 1 atom stereocenters. The lowest BCUT2D eigenvalue weighted by molar-refractivity contribution is 0.0940. The monoisotopic (exact) mass is 253 g/mol. The molecule has 1 aliphatic heterocycles. The van der Waals surface area contributed by atoms with Gasteiger partial charge >= 0.3 is 0 Å². The number of aliphatic hydroxyl groups is 1. The number of aryl methyl sites for hydroxylation is 2. The van der Waals surface area contributed by atoms with Gasteiger partial charge in [0.2, 0.25) is 0 Å². The predicted molar refractivity (Wildman–Crippen MR) is 69.8 cm³/mol. The lowest BCUT2D eigenvalue weighted by Gasteiger charge is -2.14. The van der Waals surface area contributed by atoms with E-state index in [9.17, 15) is 4.79 Å². The number of carbonyl (C=O) groups is 1. The number of Topliss-reactive ketones (excluding diaryl/α,β-unsaturated/α-hetero) is 1. The number of rotatable bonds is 4.